The van der Waals surface area contributed by atoms with Gasteiger partial charge in [-0.1, -0.05) is 13.0 Å². The van der Waals surface area contributed by atoms with Gasteiger partial charge in [-0.05, 0) is 18.6 Å². The summed E-state index contributed by atoms with van der Waals surface area (Å²) in [5.74, 6) is 0.776. The van der Waals surface area contributed by atoms with Crippen molar-refractivity contribution in [3.05, 3.63) is 24.3 Å². The minimum absolute atomic E-state index is 0.0463. The fraction of sp³-hybridized carbons (Fsp3) is 0.533. The van der Waals surface area contributed by atoms with Gasteiger partial charge in [-0.3, -0.25) is 4.79 Å². The molecule has 0 spiro atoms. The second kappa shape index (κ2) is 6.61. The highest BCUT2D eigenvalue weighted by Crippen LogP contribution is 2.24. The number of methoxy groups -OCH3 is 1. The minimum atomic E-state index is -0.124. The monoisotopic (exact) mass is 277 g/mol. The summed E-state index contributed by atoms with van der Waals surface area (Å²) in [5.41, 5.74) is 6.64. The van der Waals surface area contributed by atoms with Crippen LogP contribution in [0, 0.1) is 5.92 Å². The Hall–Kier alpha value is -1.75. The third-order valence-electron chi connectivity index (χ3n) is 3.75. The molecule has 1 aromatic carbocycles. The van der Waals surface area contributed by atoms with Gasteiger partial charge in [0.1, 0.15) is 5.75 Å². The van der Waals surface area contributed by atoms with Gasteiger partial charge in [-0.2, -0.15) is 0 Å². The summed E-state index contributed by atoms with van der Waals surface area (Å²) in [6, 6.07) is 8.20. The van der Waals surface area contributed by atoms with Crippen molar-refractivity contribution >= 4 is 11.6 Å². The summed E-state index contributed by atoms with van der Waals surface area (Å²) in [5, 5.41) is 3.07. The SMILES string of the molecule is COc1cccc(N2CCC(NC(=O)C(C)CN)C2)c1. The molecule has 2 rings (SSSR count). The number of nitrogens with two attached hydrogens (primary N) is 1. The summed E-state index contributed by atoms with van der Waals surface area (Å²) in [6.45, 7) is 4.01. The minimum Gasteiger partial charge on any atom is -0.497 e. The lowest BCUT2D eigenvalue weighted by Gasteiger charge is -2.20. The standard InChI is InChI=1S/C15H23N3O2/c1-11(9-16)15(19)17-12-6-7-18(10-12)13-4-3-5-14(8-13)20-2/h3-5,8,11-12H,6-7,9-10,16H2,1-2H3,(H,17,19). The van der Waals surface area contributed by atoms with Gasteiger partial charge in [0.15, 0.2) is 0 Å². The average molecular weight is 277 g/mol. The Kier molecular flexibility index (Phi) is 4.84. The number of anilines is 1. The topological polar surface area (TPSA) is 67.6 Å². The van der Waals surface area contributed by atoms with E-state index >= 15 is 0 Å². The maximum atomic E-state index is 11.8. The smallest absolute Gasteiger partial charge is 0.224 e. The number of carbonyl (C=O) groups is 1. The number of rotatable bonds is 5. The lowest BCUT2D eigenvalue weighted by molar-refractivity contribution is -0.124. The lowest BCUT2D eigenvalue weighted by Crippen LogP contribution is -2.41. The van der Waals surface area contributed by atoms with Crippen molar-refractivity contribution in [1.82, 2.24) is 5.32 Å². The van der Waals surface area contributed by atoms with Crippen molar-refractivity contribution in [3.63, 3.8) is 0 Å². The fourth-order valence-electron chi connectivity index (χ4n) is 2.37. The third kappa shape index (κ3) is 3.42. The second-order valence-electron chi connectivity index (χ2n) is 5.28. The highest BCUT2D eigenvalue weighted by atomic mass is 16.5. The van der Waals surface area contributed by atoms with Gasteiger partial charge in [0.05, 0.1) is 7.11 Å². The number of nitrogens with zero attached hydrogens (tertiary/aromatic N) is 1. The number of benzene rings is 1. The highest BCUT2D eigenvalue weighted by molar-refractivity contribution is 5.79. The van der Waals surface area contributed by atoms with E-state index in [2.05, 4.69) is 16.3 Å². The van der Waals surface area contributed by atoms with Crippen LogP contribution < -0.4 is 20.7 Å². The van der Waals surface area contributed by atoms with Gasteiger partial charge in [-0.15, -0.1) is 0 Å². The molecule has 0 aliphatic carbocycles. The van der Waals surface area contributed by atoms with Gasteiger partial charge < -0.3 is 20.7 Å². The first-order valence-corrected chi connectivity index (χ1v) is 7.03. The fourth-order valence-corrected chi connectivity index (χ4v) is 2.37. The van der Waals surface area contributed by atoms with Crippen molar-refractivity contribution in [1.29, 1.82) is 0 Å². The molecule has 0 saturated carbocycles. The van der Waals surface area contributed by atoms with E-state index in [0.29, 0.717) is 6.54 Å². The number of nitrogens with one attached hydrogen (secondary N) is 1. The predicted molar refractivity (Wildman–Crippen MR) is 80.0 cm³/mol. The highest BCUT2D eigenvalue weighted by Gasteiger charge is 2.25. The Labute approximate surface area is 120 Å². The van der Waals surface area contributed by atoms with Crippen LogP contribution in [-0.2, 0) is 4.79 Å². The molecule has 1 heterocycles. The molecule has 1 aliphatic heterocycles. The van der Waals surface area contributed by atoms with Crippen LogP contribution in [0.15, 0.2) is 24.3 Å². The van der Waals surface area contributed by atoms with E-state index in [9.17, 15) is 4.79 Å². The third-order valence-corrected chi connectivity index (χ3v) is 3.75. The first-order valence-electron chi connectivity index (χ1n) is 7.03. The van der Waals surface area contributed by atoms with Gasteiger partial charge in [-0.25, -0.2) is 0 Å². The normalized spacial score (nSPS) is 19.8. The molecule has 20 heavy (non-hydrogen) atoms. The van der Waals surface area contributed by atoms with Crippen LogP contribution in [0.2, 0.25) is 0 Å². The Morgan fingerprint density at radius 1 is 1.60 bits per heavy atom. The Morgan fingerprint density at radius 2 is 2.40 bits per heavy atom. The Morgan fingerprint density at radius 3 is 3.10 bits per heavy atom. The van der Waals surface area contributed by atoms with Crippen molar-refractivity contribution in [2.75, 3.05) is 31.6 Å². The number of hydrogen-bond acceptors (Lipinski definition) is 4. The van der Waals surface area contributed by atoms with E-state index in [4.69, 9.17) is 10.5 Å². The molecule has 3 N–H and O–H groups in total. The zero-order chi connectivity index (χ0) is 14.5. The van der Waals surface area contributed by atoms with E-state index in [1.165, 1.54) is 0 Å². The number of ether oxygens (including phenoxy) is 1. The molecule has 0 radical (unpaired) electrons. The summed E-state index contributed by atoms with van der Waals surface area (Å²) in [6.07, 6.45) is 0.959. The molecule has 1 fully saturated rings. The molecule has 110 valence electrons. The zero-order valence-corrected chi connectivity index (χ0v) is 12.1. The van der Waals surface area contributed by atoms with Gasteiger partial charge in [0.2, 0.25) is 5.91 Å². The molecule has 2 atom stereocenters. The van der Waals surface area contributed by atoms with Crippen molar-refractivity contribution in [2.45, 2.75) is 19.4 Å². The second-order valence-corrected chi connectivity index (χ2v) is 5.28. The molecule has 0 bridgehead atoms. The summed E-state index contributed by atoms with van der Waals surface area (Å²) < 4.78 is 5.24. The molecule has 5 nitrogen and oxygen atoms in total. The molecule has 1 saturated heterocycles. The van der Waals surface area contributed by atoms with Crippen LogP contribution in [0.1, 0.15) is 13.3 Å². The largest absolute Gasteiger partial charge is 0.497 e. The predicted octanol–water partition coefficient (Wildman–Crippen LogP) is 0.985. The van der Waals surface area contributed by atoms with Crippen LogP contribution >= 0.6 is 0 Å². The van der Waals surface area contributed by atoms with E-state index in [1.807, 2.05) is 25.1 Å². The molecule has 1 amide bonds. The molecular weight excluding hydrogens is 254 g/mol. The van der Waals surface area contributed by atoms with Crippen molar-refractivity contribution < 1.29 is 9.53 Å². The van der Waals surface area contributed by atoms with Gasteiger partial charge in [0, 0.05) is 43.3 Å². The van der Waals surface area contributed by atoms with Crippen molar-refractivity contribution in [2.24, 2.45) is 11.7 Å². The molecule has 2 unspecified atom stereocenters. The number of amides is 1. The molecule has 5 heteroatoms. The quantitative estimate of drug-likeness (QED) is 0.842. The molecule has 0 aromatic heterocycles. The summed E-state index contributed by atoms with van der Waals surface area (Å²) in [7, 11) is 1.67. The van der Waals surface area contributed by atoms with Crippen LogP contribution in [0.3, 0.4) is 0 Å². The van der Waals surface area contributed by atoms with E-state index in [1.54, 1.807) is 7.11 Å². The number of carbonyl (C=O) groups excluding carboxylic acids is 1. The van der Waals surface area contributed by atoms with Crippen molar-refractivity contribution in [3.8, 4) is 5.75 Å². The Balaban J connectivity index is 1.93. The maximum Gasteiger partial charge on any atom is 0.224 e. The van der Waals surface area contributed by atoms with Crippen LogP contribution in [-0.4, -0.2) is 38.7 Å². The first kappa shape index (κ1) is 14.7. The lowest BCUT2D eigenvalue weighted by atomic mass is 10.1. The maximum absolute atomic E-state index is 11.8. The average Bonchev–Trinajstić information content (AvgIpc) is 2.94. The number of hydrogen-bond donors (Lipinski definition) is 2. The van der Waals surface area contributed by atoms with Crippen LogP contribution in [0.5, 0.6) is 5.75 Å². The summed E-state index contributed by atoms with van der Waals surface area (Å²) >= 11 is 0. The van der Waals surface area contributed by atoms with Gasteiger partial charge >= 0.3 is 0 Å². The first-order chi connectivity index (χ1) is 9.63. The summed E-state index contributed by atoms with van der Waals surface area (Å²) in [4.78, 5) is 14.1. The zero-order valence-electron chi connectivity index (χ0n) is 12.1. The van der Waals surface area contributed by atoms with E-state index in [-0.39, 0.29) is 17.9 Å². The molecule has 1 aromatic rings. The van der Waals surface area contributed by atoms with Gasteiger partial charge in [0.25, 0.3) is 0 Å². The molecular formula is C15H23N3O2. The van der Waals surface area contributed by atoms with Crippen LogP contribution in [0.25, 0.3) is 0 Å². The molecule has 1 aliphatic rings. The van der Waals surface area contributed by atoms with E-state index < -0.39 is 0 Å². The van der Waals surface area contributed by atoms with Crippen LogP contribution in [0.4, 0.5) is 5.69 Å². The Bertz CT molecular complexity index is 464. The van der Waals surface area contributed by atoms with E-state index in [0.717, 1.165) is 30.9 Å².